The molecule has 90 valence electrons. The summed E-state index contributed by atoms with van der Waals surface area (Å²) in [6.45, 7) is 4.36. The first-order valence-corrected chi connectivity index (χ1v) is 5.47. The molecule has 1 amide bonds. The maximum Gasteiger partial charge on any atom is 0.215 e. The number of ether oxygens (including phenoxy) is 1. The van der Waals surface area contributed by atoms with Crippen LogP contribution in [0.4, 0.5) is 5.82 Å². The van der Waals surface area contributed by atoms with Crippen molar-refractivity contribution in [3.63, 3.8) is 0 Å². The van der Waals surface area contributed by atoms with Crippen LogP contribution in [-0.4, -0.2) is 25.0 Å². The Morgan fingerprint density at radius 2 is 2.29 bits per heavy atom. The van der Waals surface area contributed by atoms with Crippen LogP contribution in [0.3, 0.4) is 0 Å². The molecule has 1 heterocycles. The second-order valence-corrected chi connectivity index (χ2v) is 3.46. The average Bonchev–Trinajstić information content (AvgIpc) is 2.36. The van der Waals surface area contributed by atoms with E-state index in [0.29, 0.717) is 30.3 Å². The van der Waals surface area contributed by atoms with Gasteiger partial charge in [-0.15, -0.1) is 0 Å². The topological polar surface area (TPSA) is 42.4 Å². The second-order valence-electron chi connectivity index (χ2n) is 3.46. The zero-order valence-electron chi connectivity index (χ0n) is 10.4. The summed E-state index contributed by atoms with van der Waals surface area (Å²) in [7, 11) is 1.64. The van der Waals surface area contributed by atoms with Gasteiger partial charge in [-0.2, -0.15) is 0 Å². The van der Waals surface area contributed by atoms with Gasteiger partial charge in [-0.05, 0) is 31.4 Å². The lowest BCUT2D eigenvalue weighted by Crippen LogP contribution is -2.17. The number of carbonyl (C=O) groups excluding carboxylic acids is 1. The van der Waals surface area contributed by atoms with Crippen molar-refractivity contribution in [1.82, 2.24) is 4.98 Å². The number of nitrogens with zero attached hydrogens (tertiary/aromatic N) is 2. The summed E-state index contributed by atoms with van der Waals surface area (Å²) >= 11 is 0. The monoisotopic (exact) mass is 232 g/mol. The molecule has 0 N–H and O–H groups in total. The molecule has 4 heteroatoms. The highest BCUT2D eigenvalue weighted by molar-refractivity contribution is 5.75. The maximum atomic E-state index is 10.8. The minimum atomic E-state index is 0.494. The number of amides is 1. The Hall–Kier alpha value is -2.02. The first-order chi connectivity index (χ1) is 8.22. The maximum absolute atomic E-state index is 10.8. The highest BCUT2D eigenvalue weighted by atomic mass is 16.5. The molecule has 0 unspecified atom stereocenters. The summed E-state index contributed by atoms with van der Waals surface area (Å²) in [6, 6.07) is 3.57. The lowest BCUT2D eigenvalue weighted by molar-refractivity contribution is -0.107. The van der Waals surface area contributed by atoms with Crippen LogP contribution in [0.1, 0.15) is 26.0 Å². The molecule has 0 spiro atoms. The van der Waals surface area contributed by atoms with Gasteiger partial charge in [-0.25, -0.2) is 4.98 Å². The van der Waals surface area contributed by atoms with Gasteiger partial charge in [0.1, 0.15) is 5.69 Å². The molecule has 1 rings (SSSR count). The van der Waals surface area contributed by atoms with Gasteiger partial charge in [0, 0.05) is 7.05 Å². The molecule has 0 radical (unpaired) electrons. The second kappa shape index (κ2) is 6.54. The minimum absolute atomic E-state index is 0.494. The van der Waals surface area contributed by atoms with Crippen LogP contribution < -0.4 is 9.64 Å². The van der Waals surface area contributed by atoms with Crippen molar-refractivity contribution in [3.05, 3.63) is 17.8 Å². The smallest absolute Gasteiger partial charge is 0.215 e. The molecule has 0 bridgehead atoms. The summed E-state index contributed by atoms with van der Waals surface area (Å²) < 4.78 is 5.53. The lowest BCUT2D eigenvalue weighted by Gasteiger charge is -2.15. The van der Waals surface area contributed by atoms with Gasteiger partial charge in [-0.1, -0.05) is 12.8 Å². The molecule has 0 aliphatic heterocycles. The Balaban J connectivity index is 3.09. The van der Waals surface area contributed by atoms with Gasteiger partial charge in [0.05, 0.1) is 6.61 Å². The number of aromatic nitrogens is 1. The molecular formula is C13H16N2O2. The largest absolute Gasteiger partial charge is 0.490 e. The van der Waals surface area contributed by atoms with Crippen LogP contribution in [0.2, 0.25) is 0 Å². The summed E-state index contributed by atoms with van der Waals surface area (Å²) in [4.78, 5) is 16.5. The van der Waals surface area contributed by atoms with Crippen molar-refractivity contribution < 1.29 is 9.53 Å². The van der Waals surface area contributed by atoms with Gasteiger partial charge < -0.3 is 4.74 Å². The Bertz CT molecular complexity index is 446. The van der Waals surface area contributed by atoms with Gasteiger partial charge in [0.15, 0.2) is 11.6 Å². The van der Waals surface area contributed by atoms with E-state index in [1.54, 1.807) is 26.1 Å². The lowest BCUT2D eigenvalue weighted by atomic mass is 10.3. The van der Waals surface area contributed by atoms with E-state index in [1.807, 2.05) is 6.92 Å². The highest BCUT2D eigenvalue weighted by Gasteiger charge is 2.10. The number of carbonyl (C=O) groups is 1. The van der Waals surface area contributed by atoms with Crippen LogP contribution in [0.5, 0.6) is 5.75 Å². The van der Waals surface area contributed by atoms with Crippen LogP contribution in [0, 0.1) is 11.8 Å². The number of hydrogen-bond acceptors (Lipinski definition) is 3. The Labute approximate surface area is 102 Å². The molecular weight excluding hydrogens is 216 g/mol. The van der Waals surface area contributed by atoms with Crippen molar-refractivity contribution in [2.45, 2.75) is 20.3 Å². The summed E-state index contributed by atoms with van der Waals surface area (Å²) in [5.74, 6) is 6.72. The number of anilines is 1. The fourth-order valence-corrected chi connectivity index (χ4v) is 1.26. The highest BCUT2D eigenvalue weighted by Crippen LogP contribution is 2.24. The molecule has 0 aromatic carbocycles. The van der Waals surface area contributed by atoms with Gasteiger partial charge in [-0.3, -0.25) is 9.69 Å². The molecule has 1 aromatic heterocycles. The van der Waals surface area contributed by atoms with Crippen LogP contribution >= 0.6 is 0 Å². The number of pyridine rings is 1. The van der Waals surface area contributed by atoms with E-state index in [4.69, 9.17) is 4.74 Å². The van der Waals surface area contributed by atoms with Crippen molar-refractivity contribution in [3.8, 4) is 17.6 Å². The zero-order chi connectivity index (χ0) is 12.7. The van der Waals surface area contributed by atoms with Crippen molar-refractivity contribution in [1.29, 1.82) is 0 Å². The average molecular weight is 232 g/mol. The van der Waals surface area contributed by atoms with Crippen molar-refractivity contribution in [2.75, 3.05) is 18.6 Å². The van der Waals surface area contributed by atoms with E-state index in [0.717, 1.165) is 6.42 Å². The molecule has 0 aliphatic rings. The normalized spacial score (nSPS) is 9.12. The molecule has 17 heavy (non-hydrogen) atoms. The minimum Gasteiger partial charge on any atom is -0.490 e. The van der Waals surface area contributed by atoms with Crippen LogP contribution in [0.15, 0.2) is 12.1 Å². The van der Waals surface area contributed by atoms with Gasteiger partial charge in [0.2, 0.25) is 6.41 Å². The van der Waals surface area contributed by atoms with E-state index in [1.165, 1.54) is 4.90 Å². The molecule has 0 saturated heterocycles. The molecule has 4 nitrogen and oxygen atoms in total. The third-order valence-corrected chi connectivity index (χ3v) is 2.05. The van der Waals surface area contributed by atoms with E-state index in [9.17, 15) is 4.79 Å². The van der Waals surface area contributed by atoms with E-state index in [2.05, 4.69) is 16.8 Å². The molecule has 0 saturated carbocycles. The number of hydrogen-bond donors (Lipinski definition) is 0. The summed E-state index contributed by atoms with van der Waals surface area (Å²) in [5, 5.41) is 0. The standard InChI is InChI=1S/C13H16N2O2/c1-4-6-11-7-8-12(17-9-5-2)13(14-11)15(3)10-16/h7-8,10H,5,9H2,1-3H3. The predicted octanol–water partition coefficient (Wildman–Crippen LogP) is 1.83. The summed E-state index contributed by atoms with van der Waals surface area (Å²) in [5.41, 5.74) is 0.625. The Kier molecular flexibility index (Phi) is 5.02. The first kappa shape index (κ1) is 13.0. The SMILES string of the molecule is CC#Cc1ccc(OCCC)c(N(C)C=O)n1. The van der Waals surface area contributed by atoms with Gasteiger partial charge in [0.25, 0.3) is 0 Å². The predicted molar refractivity (Wildman–Crippen MR) is 67.0 cm³/mol. The molecule has 0 fully saturated rings. The fraction of sp³-hybridized carbons (Fsp3) is 0.385. The summed E-state index contributed by atoms with van der Waals surface area (Å²) in [6.07, 6.45) is 1.60. The first-order valence-electron chi connectivity index (χ1n) is 5.47. The Morgan fingerprint density at radius 1 is 1.53 bits per heavy atom. The van der Waals surface area contributed by atoms with Crippen molar-refractivity contribution in [2.24, 2.45) is 0 Å². The van der Waals surface area contributed by atoms with Crippen LogP contribution in [-0.2, 0) is 4.79 Å². The number of rotatable bonds is 5. The fourth-order valence-electron chi connectivity index (χ4n) is 1.26. The van der Waals surface area contributed by atoms with E-state index < -0.39 is 0 Å². The zero-order valence-corrected chi connectivity index (χ0v) is 10.4. The van der Waals surface area contributed by atoms with Crippen LogP contribution in [0.25, 0.3) is 0 Å². The molecule has 0 aliphatic carbocycles. The quantitative estimate of drug-likeness (QED) is 0.574. The van der Waals surface area contributed by atoms with Crippen molar-refractivity contribution >= 4 is 12.2 Å². The molecule has 1 aromatic rings. The van der Waals surface area contributed by atoms with Gasteiger partial charge >= 0.3 is 0 Å². The Morgan fingerprint density at radius 3 is 2.88 bits per heavy atom. The molecule has 0 atom stereocenters. The van der Waals surface area contributed by atoms with E-state index >= 15 is 0 Å². The van der Waals surface area contributed by atoms with E-state index in [-0.39, 0.29) is 0 Å². The third kappa shape index (κ3) is 3.49. The third-order valence-electron chi connectivity index (χ3n) is 2.05.